The first kappa shape index (κ1) is 16.7. The number of amides is 2. The van der Waals surface area contributed by atoms with Crippen molar-refractivity contribution in [2.75, 3.05) is 5.32 Å². The standard InChI is InChI=1S/C18H20N2O3/c1-12-7-8-16(9-13(12)2)20-18(23)17(22)19-10-14-5-3-4-6-15(14)11-21/h3-9,21H,10-11H2,1-2H3,(H,19,22)(H,20,23). The van der Waals surface area contributed by atoms with Crippen LogP contribution in [-0.2, 0) is 22.7 Å². The second-order valence-electron chi connectivity index (χ2n) is 5.36. The summed E-state index contributed by atoms with van der Waals surface area (Å²) in [6.45, 7) is 4.00. The van der Waals surface area contributed by atoms with E-state index in [9.17, 15) is 14.7 Å². The maximum absolute atomic E-state index is 11.9. The van der Waals surface area contributed by atoms with E-state index < -0.39 is 11.8 Å². The fourth-order valence-electron chi connectivity index (χ4n) is 2.15. The highest BCUT2D eigenvalue weighted by atomic mass is 16.3. The normalized spacial score (nSPS) is 10.2. The number of carbonyl (C=O) groups excluding carboxylic acids is 2. The van der Waals surface area contributed by atoms with Gasteiger partial charge in [0.2, 0.25) is 0 Å². The van der Waals surface area contributed by atoms with Gasteiger partial charge in [-0.25, -0.2) is 0 Å². The lowest BCUT2D eigenvalue weighted by molar-refractivity contribution is -0.136. The number of aryl methyl sites for hydroxylation is 2. The Balaban J connectivity index is 1.95. The van der Waals surface area contributed by atoms with Crippen LogP contribution in [0.1, 0.15) is 22.3 Å². The Labute approximate surface area is 135 Å². The molecule has 2 rings (SSSR count). The highest BCUT2D eigenvalue weighted by Crippen LogP contribution is 2.14. The van der Waals surface area contributed by atoms with Gasteiger partial charge < -0.3 is 15.7 Å². The number of hydrogen-bond donors (Lipinski definition) is 3. The van der Waals surface area contributed by atoms with Crippen molar-refractivity contribution in [1.82, 2.24) is 5.32 Å². The molecular weight excluding hydrogens is 292 g/mol. The monoisotopic (exact) mass is 312 g/mol. The molecule has 0 bridgehead atoms. The van der Waals surface area contributed by atoms with Crippen molar-refractivity contribution in [3.05, 3.63) is 64.7 Å². The van der Waals surface area contributed by atoms with Gasteiger partial charge in [-0.2, -0.15) is 0 Å². The van der Waals surface area contributed by atoms with Crippen LogP contribution in [-0.4, -0.2) is 16.9 Å². The van der Waals surface area contributed by atoms with Crippen molar-refractivity contribution >= 4 is 17.5 Å². The lowest BCUT2D eigenvalue weighted by atomic mass is 10.1. The Hall–Kier alpha value is -2.66. The summed E-state index contributed by atoms with van der Waals surface area (Å²) in [7, 11) is 0. The van der Waals surface area contributed by atoms with Crippen molar-refractivity contribution in [3.63, 3.8) is 0 Å². The second-order valence-corrected chi connectivity index (χ2v) is 5.36. The summed E-state index contributed by atoms with van der Waals surface area (Å²) in [6.07, 6.45) is 0. The molecule has 3 N–H and O–H groups in total. The van der Waals surface area contributed by atoms with E-state index >= 15 is 0 Å². The zero-order chi connectivity index (χ0) is 16.8. The van der Waals surface area contributed by atoms with E-state index in [0.29, 0.717) is 5.69 Å². The van der Waals surface area contributed by atoms with Gasteiger partial charge in [0.1, 0.15) is 0 Å². The number of benzene rings is 2. The first-order valence-electron chi connectivity index (χ1n) is 7.35. The predicted molar refractivity (Wildman–Crippen MR) is 88.8 cm³/mol. The summed E-state index contributed by atoms with van der Waals surface area (Å²) in [5, 5.41) is 14.4. The minimum atomic E-state index is -0.713. The number of anilines is 1. The van der Waals surface area contributed by atoms with Crippen LogP contribution >= 0.6 is 0 Å². The van der Waals surface area contributed by atoms with Crippen LogP contribution < -0.4 is 10.6 Å². The summed E-state index contributed by atoms with van der Waals surface area (Å²) < 4.78 is 0. The van der Waals surface area contributed by atoms with E-state index in [0.717, 1.165) is 22.3 Å². The summed E-state index contributed by atoms with van der Waals surface area (Å²) in [4.78, 5) is 23.8. The molecule has 2 aromatic rings. The SMILES string of the molecule is Cc1ccc(NC(=O)C(=O)NCc2ccccc2CO)cc1C. The molecule has 0 atom stereocenters. The molecule has 0 unspecified atom stereocenters. The van der Waals surface area contributed by atoms with Crippen LogP contribution in [0.5, 0.6) is 0 Å². The van der Waals surface area contributed by atoms with Crippen molar-refractivity contribution in [2.45, 2.75) is 27.0 Å². The molecular formula is C18H20N2O3. The second kappa shape index (κ2) is 7.56. The van der Waals surface area contributed by atoms with Crippen LogP contribution in [0.15, 0.2) is 42.5 Å². The Morgan fingerprint density at radius 3 is 2.30 bits per heavy atom. The maximum Gasteiger partial charge on any atom is 0.313 e. The van der Waals surface area contributed by atoms with Gasteiger partial charge in [-0.15, -0.1) is 0 Å². The van der Waals surface area contributed by atoms with E-state index in [-0.39, 0.29) is 13.2 Å². The molecule has 2 amide bonds. The number of rotatable bonds is 4. The van der Waals surface area contributed by atoms with Gasteiger partial charge >= 0.3 is 11.8 Å². The van der Waals surface area contributed by atoms with E-state index in [1.807, 2.05) is 38.1 Å². The molecule has 0 aliphatic heterocycles. The van der Waals surface area contributed by atoms with Gasteiger partial charge in [-0.3, -0.25) is 9.59 Å². The van der Waals surface area contributed by atoms with Crippen molar-refractivity contribution in [1.29, 1.82) is 0 Å². The molecule has 0 aromatic heterocycles. The Morgan fingerprint density at radius 1 is 0.957 bits per heavy atom. The fraction of sp³-hybridized carbons (Fsp3) is 0.222. The number of nitrogens with one attached hydrogen (secondary N) is 2. The zero-order valence-electron chi connectivity index (χ0n) is 13.2. The molecule has 0 radical (unpaired) electrons. The van der Waals surface area contributed by atoms with E-state index in [2.05, 4.69) is 10.6 Å². The molecule has 0 spiro atoms. The molecule has 120 valence electrons. The molecule has 23 heavy (non-hydrogen) atoms. The average Bonchev–Trinajstić information content (AvgIpc) is 2.56. The van der Waals surface area contributed by atoms with Crippen molar-refractivity contribution in [2.24, 2.45) is 0 Å². The molecule has 0 saturated carbocycles. The Bertz CT molecular complexity index is 726. The highest BCUT2D eigenvalue weighted by molar-refractivity contribution is 6.39. The molecule has 0 aliphatic carbocycles. The molecule has 5 nitrogen and oxygen atoms in total. The smallest absolute Gasteiger partial charge is 0.313 e. The van der Waals surface area contributed by atoms with Gasteiger partial charge in [-0.1, -0.05) is 30.3 Å². The van der Waals surface area contributed by atoms with Gasteiger partial charge in [-0.05, 0) is 48.2 Å². The number of hydrogen-bond acceptors (Lipinski definition) is 3. The lowest BCUT2D eigenvalue weighted by Crippen LogP contribution is -2.35. The molecule has 0 heterocycles. The molecule has 5 heteroatoms. The Kier molecular flexibility index (Phi) is 5.49. The average molecular weight is 312 g/mol. The molecule has 2 aromatic carbocycles. The van der Waals surface area contributed by atoms with E-state index in [4.69, 9.17) is 0 Å². The quantitative estimate of drug-likeness (QED) is 0.756. The molecule has 0 fully saturated rings. The maximum atomic E-state index is 11.9. The first-order chi connectivity index (χ1) is 11.0. The van der Waals surface area contributed by atoms with Gasteiger partial charge in [0.25, 0.3) is 0 Å². The fourth-order valence-corrected chi connectivity index (χ4v) is 2.15. The van der Waals surface area contributed by atoms with Gasteiger partial charge in [0, 0.05) is 12.2 Å². The lowest BCUT2D eigenvalue weighted by Gasteiger charge is -2.10. The van der Waals surface area contributed by atoms with Crippen LogP contribution in [0.3, 0.4) is 0 Å². The van der Waals surface area contributed by atoms with Crippen molar-refractivity contribution in [3.8, 4) is 0 Å². The zero-order valence-corrected chi connectivity index (χ0v) is 13.2. The topological polar surface area (TPSA) is 78.4 Å². The minimum Gasteiger partial charge on any atom is -0.392 e. The minimum absolute atomic E-state index is 0.110. The number of aliphatic hydroxyl groups excluding tert-OH is 1. The molecule has 0 saturated heterocycles. The van der Waals surface area contributed by atoms with Crippen LogP contribution in [0.25, 0.3) is 0 Å². The number of carbonyl (C=O) groups is 2. The van der Waals surface area contributed by atoms with E-state index in [1.54, 1.807) is 18.2 Å². The Morgan fingerprint density at radius 2 is 1.65 bits per heavy atom. The van der Waals surface area contributed by atoms with Gasteiger partial charge in [0.05, 0.1) is 6.61 Å². The van der Waals surface area contributed by atoms with Crippen LogP contribution in [0.4, 0.5) is 5.69 Å². The highest BCUT2D eigenvalue weighted by Gasteiger charge is 2.14. The molecule has 0 aliphatic rings. The third kappa shape index (κ3) is 4.40. The largest absolute Gasteiger partial charge is 0.392 e. The third-order valence-corrected chi connectivity index (χ3v) is 3.70. The van der Waals surface area contributed by atoms with Crippen LogP contribution in [0, 0.1) is 13.8 Å². The van der Waals surface area contributed by atoms with Crippen LogP contribution in [0.2, 0.25) is 0 Å². The summed E-state index contributed by atoms with van der Waals surface area (Å²) in [5.41, 5.74) is 4.25. The first-order valence-corrected chi connectivity index (χ1v) is 7.35. The summed E-state index contributed by atoms with van der Waals surface area (Å²) >= 11 is 0. The number of aliphatic hydroxyl groups is 1. The summed E-state index contributed by atoms with van der Waals surface area (Å²) in [6, 6.07) is 12.7. The summed E-state index contributed by atoms with van der Waals surface area (Å²) in [5.74, 6) is -1.43. The van der Waals surface area contributed by atoms with Crippen molar-refractivity contribution < 1.29 is 14.7 Å². The van der Waals surface area contributed by atoms with Gasteiger partial charge in [0.15, 0.2) is 0 Å². The predicted octanol–water partition coefficient (Wildman–Crippen LogP) is 2.05. The van der Waals surface area contributed by atoms with E-state index in [1.165, 1.54) is 0 Å². The third-order valence-electron chi connectivity index (χ3n) is 3.70.